The SMILES string of the molecule is C=C(C)CS(=C)(=O)CC1=C(C)CC(c2cccc(C)c2)=N1.CCC1CC1. The van der Waals surface area contributed by atoms with Gasteiger partial charge in [-0.15, -0.1) is 0 Å². The molecule has 1 aliphatic carbocycles. The van der Waals surface area contributed by atoms with Gasteiger partial charge < -0.3 is 0 Å². The Morgan fingerprint density at radius 2 is 2.00 bits per heavy atom. The summed E-state index contributed by atoms with van der Waals surface area (Å²) in [4.78, 5) is 4.72. The van der Waals surface area contributed by atoms with Crippen LogP contribution in [-0.2, 0) is 9.52 Å². The Labute approximate surface area is 160 Å². The molecule has 1 heterocycles. The predicted molar refractivity (Wildman–Crippen MR) is 118 cm³/mol. The normalized spacial score (nSPS) is 18.7. The van der Waals surface area contributed by atoms with Crippen molar-refractivity contribution in [1.82, 2.24) is 0 Å². The van der Waals surface area contributed by atoms with Crippen LogP contribution in [0.15, 0.2) is 52.7 Å². The number of aliphatic imine (C=N–C) groups is 1. The molecule has 1 fully saturated rings. The number of nitrogens with zero attached hydrogens (tertiary/aromatic N) is 1. The molecule has 0 bridgehead atoms. The molecule has 0 N–H and O–H groups in total. The fourth-order valence-electron chi connectivity index (χ4n) is 3.07. The van der Waals surface area contributed by atoms with Crippen molar-refractivity contribution in [3.8, 4) is 0 Å². The van der Waals surface area contributed by atoms with E-state index >= 15 is 0 Å². The van der Waals surface area contributed by atoms with E-state index in [1.807, 2.05) is 13.0 Å². The lowest BCUT2D eigenvalue weighted by molar-refractivity contribution is 0.683. The average molecular weight is 372 g/mol. The molecule has 0 radical (unpaired) electrons. The summed E-state index contributed by atoms with van der Waals surface area (Å²) < 4.78 is 12.5. The first-order valence-electron chi connectivity index (χ1n) is 9.50. The second-order valence-corrected chi connectivity index (χ2v) is 10.4. The van der Waals surface area contributed by atoms with Crippen LogP contribution >= 0.6 is 0 Å². The third-order valence-electron chi connectivity index (χ3n) is 4.73. The molecule has 1 atom stereocenters. The van der Waals surface area contributed by atoms with E-state index in [4.69, 9.17) is 4.99 Å². The Morgan fingerprint density at radius 3 is 2.50 bits per heavy atom. The lowest BCUT2D eigenvalue weighted by Crippen LogP contribution is -2.12. The summed E-state index contributed by atoms with van der Waals surface area (Å²) in [5.74, 6) is 5.93. The van der Waals surface area contributed by atoms with Crippen LogP contribution in [0.25, 0.3) is 0 Å². The smallest absolute Gasteiger partial charge is 0.0585 e. The monoisotopic (exact) mass is 371 g/mol. The molecular weight excluding hydrogens is 338 g/mol. The Balaban J connectivity index is 0.000000417. The van der Waals surface area contributed by atoms with Gasteiger partial charge in [-0.3, -0.25) is 9.20 Å². The van der Waals surface area contributed by atoms with Gasteiger partial charge in [0.15, 0.2) is 0 Å². The number of allylic oxidation sites excluding steroid dienone is 1. The molecule has 1 unspecified atom stereocenters. The van der Waals surface area contributed by atoms with Crippen molar-refractivity contribution in [2.45, 2.75) is 53.4 Å². The predicted octanol–water partition coefficient (Wildman–Crippen LogP) is 5.56. The van der Waals surface area contributed by atoms with Gasteiger partial charge >= 0.3 is 0 Å². The van der Waals surface area contributed by atoms with Crippen molar-refractivity contribution in [2.24, 2.45) is 10.9 Å². The van der Waals surface area contributed by atoms with Crippen LogP contribution in [0, 0.1) is 12.8 Å². The van der Waals surface area contributed by atoms with E-state index in [-0.39, 0.29) is 0 Å². The third kappa shape index (κ3) is 6.60. The Hall–Kier alpha value is -1.61. The quantitative estimate of drug-likeness (QED) is 0.475. The number of aryl methyl sites for hydroxylation is 1. The van der Waals surface area contributed by atoms with Crippen molar-refractivity contribution in [3.63, 3.8) is 0 Å². The fourth-order valence-corrected chi connectivity index (χ4v) is 4.88. The molecule has 1 aromatic carbocycles. The van der Waals surface area contributed by atoms with Gasteiger partial charge in [0.05, 0.1) is 17.2 Å². The summed E-state index contributed by atoms with van der Waals surface area (Å²) in [7, 11) is -2.18. The summed E-state index contributed by atoms with van der Waals surface area (Å²) in [5, 5.41) is 0. The van der Waals surface area contributed by atoms with Gasteiger partial charge in [-0.2, -0.15) is 0 Å². The number of hydrogen-bond donors (Lipinski definition) is 0. The highest BCUT2D eigenvalue weighted by Crippen LogP contribution is 2.31. The van der Waals surface area contributed by atoms with E-state index in [9.17, 15) is 4.21 Å². The number of benzene rings is 1. The van der Waals surface area contributed by atoms with E-state index < -0.39 is 9.52 Å². The van der Waals surface area contributed by atoms with E-state index in [1.54, 1.807) is 0 Å². The van der Waals surface area contributed by atoms with Crippen LogP contribution in [0.4, 0.5) is 0 Å². The minimum Gasteiger partial charge on any atom is -0.267 e. The largest absolute Gasteiger partial charge is 0.267 e. The first kappa shape index (κ1) is 20.7. The standard InChI is InChI=1S/C18H23NOS.C5H10/c1-13(2)11-21(5,20)12-18-15(4)10-17(19-18)16-8-6-7-14(3)9-16;1-2-5-3-4-5/h6-9H,1,5,10-12H2,2-4H3;5H,2-4H2,1H3. The van der Waals surface area contributed by atoms with E-state index in [0.29, 0.717) is 11.5 Å². The molecule has 0 spiro atoms. The van der Waals surface area contributed by atoms with E-state index in [2.05, 4.69) is 51.4 Å². The molecule has 142 valence electrons. The first-order valence-corrected chi connectivity index (χ1v) is 11.6. The van der Waals surface area contributed by atoms with Crippen molar-refractivity contribution in [3.05, 3.63) is 58.8 Å². The molecule has 2 aliphatic rings. The third-order valence-corrected chi connectivity index (χ3v) is 6.55. The molecule has 0 amide bonds. The van der Waals surface area contributed by atoms with Gasteiger partial charge in [-0.1, -0.05) is 68.2 Å². The molecule has 3 heteroatoms. The second kappa shape index (κ2) is 8.85. The Morgan fingerprint density at radius 1 is 1.31 bits per heavy atom. The lowest BCUT2D eigenvalue weighted by Gasteiger charge is -2.09. The van der Waals surface area contributed by atoms with Crippen LogP contribution in [0.3, 0.4) is 0 Å². The minimum absolute atomic E-state index is 0.445. The topological polar surface area (TPSA) is 29.4 Å². The van der Waals surface area contributed by atoms with Crippen LogP contribution in [0.2, 0.25) is 0 Å². The molecule has 26 heavy (non-hydrogen) atoms. The Bertz CT molecular complexity index is 824. The number of hydrogen-bond acceptors (Lipinski definition) is 2. The maximum atomic E-state index is 12.5. The zero-order valence-electron chi connectivity index (χ0n) is 16.8. The van der Waals surface area contributed by atoms with Crippen LogP contribution in [0.5, 0.6) is 0 Å². The van der Waals surface area contributed by atoms with Gasteiger partial charge in [0.25, 0.3) is 0 Å². The highest BCUT2D eigenvalue weighted by molar-refractivity contribution is 8.00. The van der Waals surface area contributed by atoms with Crippen LogP contribution < -0.4 is 0 Å². The summed E-state index contributed by atoms with van der Waals surface area (Å²) in [6.07, 6.45) is 5.27. The molecule has 1 saturated carbocycles. The second-order valence-electron chi connectivity index (χ2n) is 7.90. The van der Waals surface area contributed by atoms with Gasteiger partial charge in [-0.25, -0.2) is 0 Å². The van der Waals surface area contributed by atoms with Crippen molar-refractivity contribution in [1.29, 1.82) is 0 Å². The van der Waals surface area contributed by atoms with Crippen molar-refractivity contribution >= 4 is 21.1 Å². The number of rotatable bonds is 6. The minimum atomic E-state index is -2.18. The molecule has 0 aromatic heterocycles. The first-order chi connectivity index (χ1) is 12.2. The summed E-state index contributed by atoms with van der Waals surface area (Å²) in [6.45, 7) is 12.1. The van der Waals surface area contributed by atoms with Crippen LogP contribution in [-0.4, -0.2) is 27.3 Å². The molecule has 2 nitrogen and oxygen atoms in total. The van der Waals surface area contributed by atoms with Gasteiger partial charge in [0.1, 0.15) is 0 Å². The highest BCUT2D eigenvalue weighted by Gasteiger charge is 2.19. The summed E-state index contributed by atoms with van der Waals surface area (Å²) in [5.41, 5.74) is 6.49. The van der Waals surface area contributed by atoms with Gasteiger partial charge in [0.2, 0.25) is 0 Å². The van der Waals surface area contributed by atoms with E-state index in [0.717, 1.165) is 34.9 Å². The van der Waals surface area contributed by atoms with E-state index in [1.165, 1.54) is 30.4 Å². The molecule has 3 rings (SSSR count). The maximum absolute atomic E-state index is 12.5. The van der Waals surface area contributed by atoms with Gasteiger partial charge in [0, 0.05) is 12.2 Å². The van der Waals surface area contributed by atoms with Gasteiger partial charge in [-0.05, 0) is 53.2 Å². The van der Waals surface area contributed by atoms with Crippen LogP contribution in [0.1, 0.15) is 57.6 Å². The molecule has 1 aliphatic heterocycles. The highest BCUT2D eigenvalue weighted by atomic mass is 32.2. The fraction of sp³-hybridized carbons (Fsp3) is 0.478. The molecule has 0 saturated heterocycles. The van der Waals surface area contributed by atoms with Crippen molar-refractivity contribution in [2.75, 3.05) is 11.5 Å². The van der Waals surface area contributed by atoms with Crippen molar-refractivity contribution < 1.29 is 4.21 Å². The average Bonchev–Trinajstić information content (AvgIpc) is 3.31. The lowest BCUT2D eigenvalue weighted by atomic mass is 10.0. The maximum Gasteiger partial charge on any atom is 0.0585 e. The summed E-state index contributed by atoms with van der Waals surface area (Å²) in [6, 6.07) is 8.35. The zero-order chi connectivity index (χ0) is 19.3. The summed E-state index contributed by atoms with van der Waals surface area (Å²) >= 11 is 0. The zero-order valence-corrected chi connectivity index (χ0v) is 17.6. The molecule has 1 aromatic rings. The molecular formula is C23H33NOS. The Kier molecular flexibility index (Phi) is 7.05.